The summed E-state index contributed by atoms with van der Waals surface area (Å²) >= 11 is 8.34. The van der Waals surface area contributed by atoms with Gasteiger partial charge in [-0.25, -0.2) is 0 Å². The molecule has 0 heterocycles. The van der Waals surface area contributed by atoms with Gasteiger partial charge in [-0.1, -0.05) is 11.6 Å². The summed E-state index contributed by atoms with van der Waals surface area (Å²) < 4.78 is 13.2. The summed E-state index contributed by atoms with van der Waals surface area (Å²) in [7, 11) is 0. The highest BCUT2D eigenvalue weighted by molar-refractivity contribution is 9.10. The molecular formula is C6H2BrClFNO2. The molecule has 0 aromatic heterocycles. The molecule has 0 aliphatic heterocycles. The lowest BCUT2D eigenvalue weighted by molar-refractivity contribution is -0.387. The quantitative estimate of drug-likeness (QED) is 0.439. The Bertz CT molecular complexity index is 345. The highest BCUT2D eigenvalue weighted by Gasteiger charge is 2.18. The Morgan fingerprint density at radius 3 is 2.67 bits per heavy atom. The fourth-order valence-electron chi connectivity index (χ4n) is 0.657. The third-order valence-corrected chi connectivity index (χ3v) is 2.47. The summed E-state index contributed by atoms with van der Waals surface area (Å²) in [5.41, 5.74) is -0.622. The summed E-state index contributed by atoms with van der Waals surface area (Å²) in [4.78, 5) is 9.35. The van der Waals surface area contributed by atoms with Crippen molar-refractivity contribution >= 4 is 33.2 Å². The first-order chi connectivity index (χ1) is 5.54. The minimum Gasteiger partial charge on any atom is -0.258 e. The van der Waals surface area contributed by atoms with Crippen LogP contribution in [0.4, 0.5) is 10.1 Å². The van der Waals surface area contributed by atoms with Gasteiger partial charge in [-0.05, 0) is 22.0 Å². The second-order valence-corrected chi connectivity index (χ2v) is 3.18. The van der Waals surface area contributed by atoms with Crippen LogP contribution >= 0.6 is 27.5 Å². The van der Waals surface area contributed by atoms with Crippen LogP contribution in [0, 0.1) is 15.9 Å². The molecule has 0 fully saturated rings. The lowest BCUT2D eigenvalue weighted by Gasteiger charge is -1.97. The van der Waals surface area contributed by atoms with E-state index in [2.05, 4.69) is 15.9 Å². The molecule has 0 aliphatic rings. The van der Waals surface area contributed by atoms with E-state index in [1.807, 2.05) is 0 Å². The fraction of sp³-hybridized carbons (Fsp3) is 0. The Balaban J connectivity index is 3.36. The fourth-order valence-corrected chi connectivity index (χ4v) is 1.12. The van der Waals surface area contributed by atoms with Gasteiger partial charge in [0.25, 0.3) is 0 Å². The van der Waals surface area contributed by atoms with Crippen LogP contribution in [0.15, 0.2) is 16.6 Å². The molecule has 1 aromatic rings. The van der Waals surface area contributed by atoms with E-state index in [9.17, 15) is 14.5 Å². The molecule has 6 heteroatoms. The van der Waals surface area contributed by atoms with Crippen LogP contribution < -0.4 is 0 Å². The Labute approximate surface area is 80.4 Å². The van der Waals surface area contributed by atoms with Gasteiger partial charge in [-0.15, -0.1) is 0 Å². The van der Waals surface area contributed by atoms with Crippen LogP contribution in [0.3, 0.4) is 0 Å². The van der Waals surface area contributed by atoms with Crippen molar-refractivity contribution in [2.45, 2.75) is 0 Å². The van der Waals surface area contributed by atoms with Crippen molar-refractivity contribution < 1.29 is 9.31 Å². The van der Waals surface area contributed by atoms with Crippen LogP contribution in [0.1, 0.15) is 0 Å². The molecule has 0 aliphatic carbocycles. The monoisotopic (exact) mass is 253 g/mol. The highest BCUT2D eigenvalue weighted by Crippen LogP contribution is 2.30. The van der Waals surface area contributed by atoms with E-state index in [1.165, 1.54) is 6.07 Å². The number of hydrogen-bond acceptors (Lipinski definition) is 2. The lowest BCUT2D eigenvalue weighted by atomic mass is 10.3. The number of hydrogen-bond donors (Lipinski definition) is 0. The Kier molecular flexibility index (Phi) is 2.64. The average Bonchev–Trinajstić information content (AvgIpc) is 2.00. The predicted octanol–water partition coefficient (Wildman–Crippen LogP) is 3.15. The summed E-state index contributed by atoms with van der Waals surface area (Å²) in [5.74, 6) is -1.02. The molecule has 0 amide bonds. The predicted molar refractivity (Wildman–Crippen MR) is 45.8 cm³/mol. The van der Waals surface area contributed by atoms with E-state index in [-0.39, 0.29) is 5.02 Å². The van der Waals surface area contributed by atoms with E-state index in [0.717, 1.165) is 6.07 Å². The van der Waals surface area contributed by atoms with Crippen molar-refractivity contribution in [1.82, 2.24) is 0 Å². The van der Waals surface area contributed by atoms with Crippen molar-refractivity contribution in [3.8, 4) is 0 Å². The Hall–Kier alpha value is -0.680. The highest BCUT2D eigenvalue weighted by atomic mass is 79.9. The van der Waals surface area contributed by atoms with Crippen molar-refractivity contribution in [3.05, 3.63) is 37.6 Å². The molecular weight excluding hydrogens is 252 g/mol. The number of halogens is 3. The molecule has 0 saturated carbocycles. The average molecular weight is 254 g/mol. The minimum absolute atomic E-state index is 0.274. The van der Waals surface area contributed by atoms with Gasteiger partial charge in [0.05, 0.1) is 9.95 Å². The van der Waals surface area contributed by atoms with E-state index < -0.39 is 16.4 Å². The van der Waals surface area contributed by atoms with Crippen LogP contribution in [-0.4, -0.2) is 4.92 Å². The zero-order valence-electron chi connectivity index (χ0n) is 5.55. The van der Waals surface area contributed by atoms with E-state index in [1.54, 1.807) is 0 Å². The van der Waals surface area contributed by atoms with Gasteiger partial charge in [0, 0.05) is 10.5 Å². The molecule has 0 radical (unpaired) electrons. The van der Waals surface area contributed by atoms with Crippen molar-refractivity contribution in [3.63, 3.8) is 0 Å². The first kappa shape index (κ1) is 9.41. The van der Waals surface area contributed by atoms with Gasteiger partial charge in [-0.3, -0.25) is 10.1 Å². The minimum atomic E-state index is -1.02. The summed E-state index contributed by atoms with van der Waals surface area (Å²) in [6.45, 7) is 0. The van der Waals surface area contributed by atoms with Crippen LogP contribution in [-0.2, 0) is 0 Å². The topological polar surface area (TPSA) is 43.1 Å². The number of nitrogens with zero attached hydrogens (tertiary/aromatic N) is 1. The normalized spacial score (nSPS) is 9.92. The lowest BCUT2D eigenvalue weighted by Crippen LogP contribution is -1.92. The van der Waals surface area contributed by atoms with Gasteiger partial charge >= 0.3 is 5.69 Å². The first-order valence-corrected chi connectivity index (χ1v) is 3.99. The zero-order chi connectivity index (χ0) is 9.30. The second kappa shape index (κ2) is 3.37. The van der Waals surface area contributed by atoms with E-state index >= 15 is 0 Å². The standard InChI is InChI=1S/C6H2BrClFNO2/c7-3-1-2-4(10(11)12)6(9)5(3)8/h1-2H. The molecule has 1 rings (SSSR count). The van der Waals surface area contributed by atoms with Gasteiger partial charge in [0.1, 0.15) is 0 Å². The maximum atomic E-state index is 12.9. The number of benzene rings is 1. The first-order valence-electron chi connectivity index (χ1n) is 2.82. The van der Waals surface area contributed by atoms with Crippen LogP contribution in [0.25, 0.3) is 0 Å². The molecule has 3 nitrogen and oxygen atoms in total. The van der Waals surface area contributed by atoms with Crippen molar-refractivity contribution in [2.75, 3.05) is 0 Å². The van der Waals surface area contributed by atoms with Gasteiger partial charge in [0.15, 0.2) is 0 Å². The second-order valence-electron chi connectivity index (χ2n) is 1.95. The molecule has 0 bridgehead atoms. The maximum Gasteiger partial charge on any atom is 0.306 e. The van der Waals surface area contributed by atoms with E-state index in [4.69, 9.17) is 11.6 Å². The Morgan fingerprint density at radius 2 is 2.17 bits per heavy atom. The smallest absolute Gasteiger partial charge is 0.258 e. The number of rotatable bonds is 1. The van der Waals surface area contributed by atoms with Crippen molar-refractivity contribution in [2.24, 2.45) is 0 Å². The largest absolute Gasteiger partial charge is 0.306 e. The summed E-state index contributed by atoms with van der Waals surface area (Å²) in [6, 6.07) is 2.37. The zero-order valence-corrected chi connectivity index (χ0v) is 7.89. The van der Waals surface area contributed by atoms with Gasteiger partial charge in [-0.2, -0.15) is 4.39 Å². The number of nitro benzene ring substituents is 1. The molecule has 0 saturated heterocycles. The molecule has 12 heavy (non-hydrogen) atoms. The SMILES string of the molecule is O=[N+]([O-])c1ccc(Br)c(Cl)c1F. The molecule has 0 unspecified atom stereocenters. The molecule has 1 aromatic carbocycles. The van der Waals surface area contributed by atoms with Crippen LogP contribution in [0.2, 0.25) is 5.02 Å². The van der Waals surface area contributed by atoms with Gasteiger partial charge < -0.3 is 0 Å². The number of nitro groups is 1. The van der Waals surface area contributed by atoms with E-state index in [0.29, 0.717) is 4.47 Å². The molecule has 0 atom stereocenters. The summed E-state index contributed by atoms with van der Waals surface area (Å²) in [5, 5.41) is 9.90. The third-order valence-electron chi connectivity index (χ3n) is 1.21. The maximum absolute atomic E-state index is 12.9. The Morgan fingerprint density at radius 1 is 1.58 bits per heavy atom. The summed E-state index contributed by atoms with van der Waals surface area (Å²) in [6.07, 6.45) is 0. The van der Waals surface area contributed by atoms with Crippen LogP contribution in [0.5, 0.6) is 0 Å². The molecule has 0 spiro atoms. The molecule has 64 valence electrons. The third kappa shape index (κ3) is 1.56. The molecule has 0 N–H and O–H groups in total. The van der Waals surface area contributed by atoms with Gasteiger partial charge in [0.2, 0.25) is 5.82 Å². The van der Waals surface area contributed by atoms with Crippen molar-refractivity contribution in [1.29, 1.82) is 0 Å².